The molecule has 428 valence electrons. The zero-order valence-electron chi connectivity index (χ0n) is 40.7. The van der Waals surface area contributed by atoms with Gasteiger partial charge in [0.1, 0.15) is 29.4 Å². The second-order valence-corrected chi connectivity index (χ2v) is 21.9. The van der Waals surface area contributed by atoms with Crippen molar-refractivity contribution >= 4 is 102 Å². The molecule has 80 heavy (non-hydrogen) atoms. The third-order valence-electron chi connectivity index (χ3n) is 11.7. The third kappa shape index (κ3) is 12.5. The van der Waals surface area contributed by atoms with Crippen LogP contribution >= 0.6 is 46.4 Å². The molecule has 0 aliphatic carbocycles. The number of rotatable bonds is 21. The van der Waals surface area contributed by atoms with Crippen molar-refractivity contribution in [1.29, 1.82) is 0 Å². The van der Waals surface area contributed by atoms with E-state index in [0.717, 1.165) is 11.5 Å². The van der Waals surface area contributed by atoms with Crippen LogP contribution in [-0.2, 0) is 18.9 Å². The van der Waals surface area contributed by atoms with Gasteiger partial charge in [-0.1, -0.05) is 46.4 Å². The van der Waals surface area contributed by atoms with Gasteiger partial charge < -0.3 is 0 Å². The van der Waals surface area contributed by atoms with Crippen LogP contribution in [0.2, 0.25) is 20.1 Å². The topological polar surface area (TPSA) is 55.4 Å². The van der Waals surface area contributed by atoms with E-state index in [1.165, 1.54) is 13.4 Å². The number of ether oxygens (including phenoxy) is 6. The Labute approximate surface area is 468 Å². The minimum absolute atomic E-state index is 0.478. The van der Waals surface area contributed by atoms with Gasteiger partial charge in [0.05, 0.1) is 0 Å². The molecule has 0 amide bonds. The summed E-state index contributed by atoms with van der Waals surface area (Å²) in [6.07, 6.45) is -6.24. The quantitative estimate of drug-likeness (QED) is 0.0235. The Balaban J connectivity index is 0.000000266. The fraction of sp³-hybridized carbons (Fsp3) is 0.192. The molecule has 0 aliphatic rings. The molecular formula is C52H35BCl4F16O6Se. The Kier molecular flexibility index (Phi) is 22.4. The van der Waals surface area contributed by atoms with Crippen LogP contribution in [0.5, 0.6) is 11.5 Å². The summed E-state index contributed by atoms with van der Waals surface area (Å²) in [6, 6.07) is 27.2. The predicted molar refractivity (Wildman–Crippen MR) is 270 cm³/mol. The van der Waals surface area contributed by atoms with Gasteiger partial charge in [-0.3, -0.25) is 0 Å². The summed E-state index contributed by atoms with van der Waals surface area (Å²) in [4.78, 5) is 0. The Hall–Kier alpha value is -5.40. The molecule has 0 saturated carbocycles. The van der Waals surface area contributed by atoms with Crippen LogP contribution in [-0.4, -0.2) is 87.1 Å². The molecule has 0 aliphatic heterocycles. The molecule has 0 atom stereocenters. The van der Waals surface area contributed by atoms with Crippen LogP contribution in [0.3, 0.4) is 0 Å². The molecule has 0 unspecified atom stereocenters. The first-order valence-corrected chi connectivity index (χ1v) is 26.7. The molecule has 7 aromatic rings. The van der Waals surface area contributed by atoms with Crippen molar-refractivity contribution in [3.63, 3.8) is 0 Å². The van der Waals surface area contributed by atoms with Crippen LogP contribution in [0.1, 0.15) is 0 Å². The van der Waals surface area contributed by atoms with Crippen LogP contribution in [0, 0.1) is 93.1 Å². The molecule has 0 fully saturated rings. The fourth-order valence-electron chi connectivity index (χ4n) is 8.19. The molecule has 0 N–H and O–H groups in total. The number of hydrogen-bond acceptors (Lipinski definition) is 6. The van der Waals surface area contributed by atoms with E-state index in [1.54, 1.807) is 14.2 Å². The SMILES string of the molecule is COCCOCCOc1ccccc1[Se+](c1ccccc1)c1ccccc1OCCOCCOC.Fc1c(F)c(F)c([B-](c2c(F)c(F)c(F)c(F)c2Cl)(c2c(F)c(F)c(F)c(F)c2Cl)c2c(F)c(F)c(F)c(F)c2Cl)c(Cl)c1F. The molecule has 0 saturated heterocycles. The summed E-state index contributed by atoms with van der Waals surface area (Å²) in [5.41, 5.74) is -10.7. The monoisotopic (exact) mass is 1290 g/mol. The van der Waals surface area contributed by atoms with Crippen molar-refractivity contribution in [3.05, 3.63) is 192 Å². The molecule has 0 heterocycles. The molecule has 0 aromatic heterocycles. The van der Waals surface area contributed by atoms with E-state index in [1.807, 2.05) is 30.3 Å². The van der Waals surface area contributed by atoms with Gasteiger partial charge in [-0.15, -0.1) is 21.9 Å². The molecule has 0 spiro atoms. The minimum atomic E-state index is -6.24. The van der Waals surface area contributed by atoms with E-state index < -0.39 is 155 Å². The minimum Gasteiger partial charge on any atom is -0.207 e. The number of benzene rings is 7. The first-order chi connectivity index (χ1) is 38.0. The molecular weight excluding hydrogens is 1260 g/mol. The third-order valence-corrected chi connectivity index (χ3v) is 18.0. The average Bonchev–Trinajstić information content (AvgIpc) is 3.47. The van der Waals surface area contributed by atoms with Crippen LogP contribution in [0.25, 0.3) is 0 Å². The first-order valence-electron chi connectivity index (χ1n) is 22.6. The second-order valence-electron chi connectivity index (χ2n) is 16.2. The predicted octanol–water partition coefficient (Wildman–Crippen LogP) is 10.2. The Morgan fingerprint density at radius 2 is 0.588 bits per heavy atom. The molecule has 7 aromatic carbocycles. The second kappa shape index (κ2) is 28.1. The normalized spacial score (nSPS) is 11.6. The molecule has 7 rings (SSSR count). The van der Waals surface area contributed by atoms with E-state index >= 15 is 17.6 Å². The number of hydrogen-bond donors (Lipinski definition) is 0. The summed E-state index contributed by atoms with van der Waals surface area (Å²) >= 11 is 20.6. The van der Waals surface area contributed by atoms with Gasteiger partial charge in [0.2, 0.25) is 0 Å². The maximum absolute atomic E-state index is 15.8. The Morgan fingerprint density at radius 3 is 0.887 bits per heavy atom. The molecule has 6 nitrogen and oxygen atoms in total. The number of methoxy groups -OCH3 is 2. The van der Waals surface area contributed by atoms with E-state index in [2.05, 4.69) is 48.5 Å². The molecule has 28 heteroatoms. The zero-order valence-corrected chi connectivity index (χ0v) is 45.4. The molecule has 0 radical (unpaired) electrons. The molecule has 0 bridgehead atoms. The van der Waals surface area contributed by atoms with E-state index in [4.69, 9.17) is 74.8 Å². The Morgan fingerprint density at radius 1 is 0.325 bits per heavy atom. The van der Waals surface area contributed by atoms with Gasteiger partial charge in [-0.25, -0.2) is 70.2 Å². The van der Waals surface area contributed by atoms with Crippen molar-refractivity contribution in [2.45, 2.75) is 0 Å². The Bertz CT molecular complexity index is 2930. The zero-order chi connectivity index (χ0) is 58.9. The van der Waals surface area contributed by atoms with E-state index in [9.17, 15) is 52.7 Å². The van der Waals surface area contributed by atoms with Crippen molar-refractivity contribution < 1.29 is 98.7 Å². The van der Waals surface area contributed by atoms with Gasteiger partial charge >= 0.3 is 213 Å². The number of halogens is 20. The maximum Gasteiger partial charge on any atom is 0.198 e. The van der Waals surface area contributed by atoms with Gasteiger partial charge in [0.25, 0.3) is 0 Å². The van der Waals surface area contributed by atoms with Gasteiger partial charge in [-0.2, -0.15) is 0 Å². The van der Waals surface area contributed by atoms with E-state index in [0.29, 0.717) is 52.9 Å². The van der Waals surface area contributed by atoms with Crippen LogP contribution in [0.4, 0.5) is 70.2 Å². The van der Waals surface area contributed by atoms with Gasteiger partial charge in [0, 0.05) is 20.1 Å². The summed E-state index contributed by atoms with van der Waals surface area (Å²) in [5.74, 6) is -46.5. The largest absolute Gasteiger partial charge is 0.207 e. The average molecular weight is 1290 g/mol. The summed E-state index contributed by atoms with van der Waals surface area (Å²) < 4.78 is 275. The smallest absolute Gasteiger partial charge is 0.198 e. The van der Waals surface area contributed by atoms with Crippen molar-refractivity contribution in [2.75, 3.05) is 67.1 Å². The van der Waals surface area contributed by atoms with E-state index in [-0.39, 0.29) is 0 Å². The van der Waals surface area contributed by atoms with Crippen LogP contribution in [0.15, 0.2) is 78.9 Å². The van der Waals surface area contributed by atoms with Crippen LogP contribution < -0.4 is 44.7 Å². The fourth-order valence-corrected chi connectivity index (χ4v) is 14.2. The van der Waals surface area contributed by atoms with Gasteiger partial charge in [0.15, 0.2) is 69.8 Å². The van der Waals surface area contributed by atoms with Crippen molar-refractivity contribution in [1.82, 2.24) is 0 Å². The van der Waals surface area contributed by atoms with Gasteiger partial charge in [-0.05, 0) is 0 Å². The first kappa shape index (κ1) is 63.8. The standard InChI is InChI=1S/C28H35O6Se.C24BCl4F16/c1-29-16-18-31-20-22-33-25-12-6-8-14-27(25)35(24-10-4-3-5-11-24)28-15-9-7-13-26(28)34-23-21-32-19-17-30-2;26-5-1(9(30)17(38)21(42)13(5)34)25(2-6(27)14(35)22(43)18(39)10(2)31,3-7(28)15(36)23(44)19(40)11(3)32)4-8(29)16(37)24(45)20(41)12(4)33/h3-15H,16-23H2,1-2H3;/q+1;-1. The summed E-state index contributed by atoms with van der Waals surface area (Å²) in [6.45, 7) is 4.24. The number of para-hydroxylation sites is 2. The summed E-state index contributed by atoms with van der Waals surface area (Å²) in [7, 11) is 3.33. The maximum atomic E-state index is 15.8. The summed E-state index contributed by atoms with van der Waals surface area (Å²) in [5, 5.41) is -9.69. The van der Waals surface area contributed by atoms with Crippen molar-refractivity contribution in [2.24, 2.45) is 0 Å². The van der Waals surface area contributed by atoms with Crippen molar-refractivity contribution in [3.8, 4) is 11.5 Å².